The van der Waals surface area contributed by atoms with Crippen LogP contribution in [0, 0.1) is 0 Å². The first-order chi connectivity index (χ1) is 30.7. The number of aromatic nitrogens is 3. The first kappa shape index (κ1) is 35.7. The van der Waals surface area contributed by atoms with Crippen LogP contribution in [0.25, 0.3) is 111 Å². The van der Waals surface area contributed by atoms with E-state index < -0.39 is 0 Å². The number of pyridine rings is 1. The molecule has 3 nitrogen and oxygen atoms in total. The van der Waals surface area contributed by atoms with Crippen LogP contribution in [0.1, 0.15) is 0 Å². The maximum Gasteiger partial charge on any atom is 0.0715 e. The molecule has 290 valence electrons. The molecule has 0 N–H and O–H groups in total. The molecule has 62 heavy (non-hydrogen) atoms. The van der Waals surface area contributed by atoms with Gasteiger partial charge in [-0.3, -0.25) is 0 Å². The predicted molar refractivity (Wildman–Crippen MR) is 260 cm³/mol. The fourth-order valence-corrected chi connectivity index (χ4v) is 9.31. The Morgan fingerprint density at radius 2 is 0.613 bits per heavy atom. The maximum absolute atomic E-state index is 5.20. The second-order valence-electron chi connectivity index (χ2n) is 16.0. The molecule has 0 saturated heterocycles. The van der Waals surface area contributed by atoms with Crippen molar-refractivity contribution in [3.8, 4) is 67.3 Å². The Morgan fingerprint density at radius 1 is 0.226 bits per heavy atom. The number of para-hydroxylation sites is 2. The van der Waals surface area contributed by atoms with E-state index in [4.69, 9.17) is 4.98 Å². The number of benzene rings is 9. The third-order valence-corrected chi connectivity index (χ3v) is 12.3. The van der Waals surface area contributed by atoms with Crippen LogP contribution in [0.4, 0.5) is 0 Å². The van der Waals surface area contributed by atoms with E-state index in [9.17, 15) is 0 Å². The molecule has 0 atom stereocenters. The Bertz CT molecular complexity index is 3520. The van der Waals surface area contributed by atoms with Crippen molar-refractivity contribution >= 4 is 43.6 Å². The summed E-state index contributed by atoms with van der Waals surface area (Å²) in [6, 6.07) is 85.2. The van der Waals surface area contributed by atoms with E-state index >= 15 is 0 Å². The van der Waals surface area contributed by atoms with Crippen molar-refractivity contribution in [2.24, 2.45) is 0 Å². The Balaban J connectivity index is 0.952. The SMILES string of the molecule is c1ccc(-c2ccc(-n3c4ccccc4c4cc(-c5ccc6c7ccccc7n(-c7ccc(-c8cc(-c9ccccc9)cc(-c9ccccc9)n8)cc7)c6c5)ccc43)cc2)cc1. The van der Waals surface area contributed by atoms with Crippen molar-refractivity contribution in [2.45, 2.75) is 0 Å². The molecule has 12 aromatic rings. The number of fused-ring (bicyclic) bond motifs is 6. The van der Waals surface area contributed by atoms with Crippen LogP contribution in [-0.4, -0.2) is 14.1 Å². The lowest BCUT2D eigenvalue weighted by Crippen LogP contribution is -1.95. The van der Waals surface area contributed by atoms with Gasteiger partial charge in [-0.15, -0.1) is 0 Å². The minimum atomic E-state index is 0.946. The molecule has 0 aliphatic rings. The van der Waals surface area contributed by atoms with Crippen LogP contribution in [-0.2, 0) is 0 Å². The van der Waals surface area contributed by atoms with Gasteiger partial charge < -0.3 is 9.13 Å². The molecule has 3 aromatic heterocycles. The molecule has 9 aromatic carbocycles. The highest BCUT2D eigenvalue weighted by Gasteiger charge is 2.17. The predicted octanol–water partition coefficient (Wildman–Crippen LogP) is 15.6. The van der Waals surface area contributed by atoms with Crippen molar-refractivity contribution in [3.63, 3.8) is 0 Å². The largest absolute Gasteiger partial charge is 0.309 e. The Morgan fingerprint density at radius 3 is 1.23 bits per heavy atom. The van der Waals surface area contributed by atoms with Crippen molar-refractivity contribution in [2.75, 3.05) is 0 Å². The van der Waals surface area contributed by atoms with Crippen molar-refractivity contribution in [3.05, 3.63) is 237 Å². The van der Waals surface area contributed by atoms with Gasteiger partial charge in [-0.25, -0.2) is 4.98 Å². The lowest BCUT2D eigenvalue weighted by Gasteiger charge is -2.12. The number of hydrogen-bond donors (Lipinski definition) is 0. The summed E-state index contributed by atoms with van der Waals surface area (Å²) in [4.78, 5) is 5.20. The van der Waals surface area contributed by atoms with Crippen LogP contribution in [0.15, 0.2) is 237 Å². The van der Waals surface area contributed by atoms with Crippen molar-refractivity contribution < 1.29 is 0 Å². The number of nitrogens with zero attached hydrogens (tertiary/aromatic N) is 3. The van der Waals surface area contributed by atoms with E-state index in [2.05, 4.69) is 240 Å². The molecule has 0 spiro atoms. The summed E-state index contributed by atoms with van der Waals surface area (Å²) < 4.78 is 4.80. The smallest absolute Gasteiger partial charge is 0.0715 e. The van der Waals surface area contributed by atoms with Crippen LogP contribution in [0.3, 0.4) is 0 Å². The van der Waals surface area contributed by atoms with Gasteiger partial charge >= 0.3 is 0 Å². The molecular formula is C59H39N3. The summed E-state index contributed by atoms with van der Waals surface area (Å²) in [5.41, 5.74) is 18.2. The van der Waals surface area contributed by atoms with Crippen LogP contribution in [0.5, 0.6) is 0 Å². The van der Waals surface area contributed by atoms with E-state index in [1.165, 1.54) is 71.4 Å². The highest BCUT2D eigenvalue weighted by molar-refractivity contribution is 6.12. The Labute approximate surface area is 360 Å². The fraction of sp³-hybridized carbons (Fsp3) is 0. The van der Waals surface area contributed by atoms with Crippen molar-refractivity contribution in [1.29, 1.82) is 0 Å². The summed E-state index contributed by atoms with van der Waals surface area (Å²) in [6.45, 7) is 0. The van der Waals surface area contributed by atoms with Gasteiger partial charge in [0, 0.05) is 44.0 Å². The van der Waals surface area contributed by atoms with Gasteiger partial charge in [-0.05, 0) is 100 Å². The summed E-state index contributed by atoms with van der Waals surface area (Å²) in [5.74, 6) is 0. The highest BCUT2D eigenvalue weighted by Crippen LogP contribution is 2.39. The molecule has 0 aliphatic carbocycles. The van der Waals surface area contributed by atoms with Crippen molar-refractivity contribution in [1.82, 2.24) is 14.1 Å². The zero-order valence-electron chi connectivity index (χ0n) is 33.9. The monoisotopic (exact) mass is 789 g/mol. The lowest BCUT2D eigenvalue weighted by atomic mass is 10.00. The van der Waals surface area contributed by atoms with Gasteiger partial charge in [-0.1, -0.05) is 170 Å². The van der Waals surface area contributed by atoms with Crippen LogP contribution >= 0.6 is 0 Å². The first-order valence-electron chi connectivity index (χ1n) is 21.2. The summed E-state index contributed by atoms with van der Waals surface area (Å²) >= 11 is 0. The van der Waals surface area contributed by atoms with E-state index in [1.807, 2.05) is 6.07 Å². The molecule has 3 heterocycles. The summed E-state index contributed by atoms with van der Waals surface area (Å²) in [6.07, 6.45) is 0. The third kappa shape index (κ3) is 6.10. The molecular weight excluding hydrogens is 751 g/mol. The van der Waals surface area contributed by atoms with E-state index in [-0.39, 0.29) is 0 Å². The molecule has 0 saturated carbocycles. The van der Waals surface area contributed by atoms with Gasteiger partial charge in [0.15, 0.2) is 0 Å². The van der Waals surface area contributed by atoms with E-state index in [1.54, 1.807) is 0 Å². The zero-order chi connectivity index (χ0) is 41.0. The Hall–Kier alpha value is -8.27. The van der Waals surface area contributed by atoms with Crippen LogP contribution < -0.4 is 0 Å². The van der Waals surface area contributed by atoms with Gasteiger partial charge in [0.2, 0.25) is 0 Å². The molecule has 0 fully saturated rings. The Kier molecular flexibility index (Phi) is 8.50. The molecule has 0 aliphatic heterocycles. The summed E-state index contributed by atoms with van der Waals surface area (Å²) in [5, 5.41) is 4.95. The molecule has 0 amide bonds. The average molecular weight is 790 g/mol. The van der Waals surface area contributed by atoms with E-state index in [0.717, 1.165) is 39.5 Å². The number of rotatable bonds is 7. The zero-order valence-corrected chi connectivity index (χ0v) is 33.9. The standard InChI is InChI=1S/C59H39N3/c1-4-14-40(15-5-1)42-24-30-48(31-25-42)61-57-23-13-11-21-51(57)53-36-45(29-35-58(53)61)46-28-34-52-50-20-10-12-22-56(50)62(59(52)39-46)49-32-26-44(27-33-49)55-38-47(41-16-6-2-7-17-41)37-54(60-55)43-18-8-3-9-19-43/h1-39H. The van der Waals surface area contributed by atoms with E-state index in [0.29, 0.717) is 0 Å². The topological polar surface area (TPSA) is 22.8 Å². The third-order valence-electron chi connectivity index (χ3n) is 12.3. The molecule has 0 radical (unpaired) electrons. The van der Waals surface area contributed by atoms with Gasteiger partial charge in [0.25, 0.3) is 0 Å². The number of hydrogen-bond acceptors (Lipinski definition) is 1. The minimum absolute atomic E-state index is 0.946. The van der Waals surface area contributed by atoms with Gasteiger partial charge in [0.05, 0.1) is 33.5 Å². The fourth-order valence-electron chi connectivity index (χ4n) is 9.31. The first-order valence-corrected chi connectivity index (χ1v) is 21.2. The van der Waals surface area contributed by atoms with Gasteiger partial charge in [-0.2, -0.15) is 0 Å². The second-order valence-corrected chi connectivity index (χ2v) is 16.0. The quantitative estimate of drug-likeness (QED) is 0.158. The molecule has 0 unspecified atom stereocenters. The van der Waals surface area contributed by atoms with Gasteiger partial charge in [0.1, 0.15) is 0 Å². The lowest BCUT2D eigenvalue weighted by molar-refractivity contribution is 1.18. The summed E-state index contributed by atoms with van der Waals surface area (Å²) in [7, 11) is 0. The normalized spacial score (nSPS) is 11.5. The van der Waals surface area contributed by atoms with Crippen LogP contribution in [0.2, 0.25) is 0 Å². The minimum Gasteiger partial charge on any atom is -0.309 e. The molecule has 12 rings (SSSR count). The molecule has 3 heteroatoms. The second kappa shape index (κ2) is 14.8. The maximum atomic E-state index is 5.20. The highest BCUT2D eigenvalue weighted by atomic mass is 15.0. The molecule has 0 bridgehead atoms. The average Bonchev–Trinajstić information content (AvgIpc) is 3.87.